The second-order valence-corrected chi connectivity index (χ2v) is 4.73. The Balaban J connectivity index is 2.50. The van der Waals surface area contributed by atoms with Crippen LogP contribution in [0, 0.1) is 0 Å². The quantitative estimate of drug-likeness (QED) is 0.818. The lowest BCUT2D eigenvalue weighted by molar-refractivity contribution is -0.109. The molecule has 0 spiro atoms. The van der Waals surface area contributed by atoms with Crippen LogP contribution < -0.4 is 4.74 Å². The molecule has 3 nitrogen and oxygen atoms in total. The number of ether oxygens (including phenoxy) is 1. The molecule has 0 fully saturated rings. The largest absolute Gasteiger partial charge is 0.504 e. The van der Waals surface area contributed by atoms with E-state index >= 15 is 0 Å². The monoisotopic (exact) mass is 252 g/mol. The summed E-state index contributed by atoms with van der Waals surface area (Å²) in [7, 11) is 1.52. The van der Waals surface area contributed by atoms with Gasteiger partial charge in [-0.05, 0) is 24.1 Å². The van der Waals surface area contributed by atoms with E-state index in [0.717, 1.165) is 17.7 Å². The number of methoxy groups -OCH3 is 1. The fourth-order valence-corrected chi connectivity index (χ4v) is 1.83. The molecule has 0 aliphatic rings. The Bertz CT molecular complexity index is 413. The van der Waals surface area contributed by atoms with Crippen LogP contribution in [0.5, 0.6) is 11.5 Å². The van der Waals surface area contributed by atoms with Gasteiger partial charge in [0.15, 0.2) is 16.6 Å². The number of allylic oxidation sites excluding steroid dienone is 1. The number of carbonyl (C=O) groups is 1. The maximum atomic E-state index is 10.7. The Morgan fingerprint density at radius 2 is 2.29 bits per heavy atom. The molecular formula is C13H16O3S. The number of hydrogen-bond acceptors (Lipinski definition) is 4. The van der Waals surface area contributed by atoms with Crippen LogP contribution in [0.15, 0.2) is 24.3 Å². The zero-order valence-electron chi connectivity index (χ0n) is 9.97. The molecule has 0 aromatic heterocycles. The van der Waals surface area contributed by atoms with Crippen LogP contribution in [-0.2, 0) is 4.79 Å². The predicted molar refractivity (Wildman–Crippen MR) is 71.4 cm³/mol. The van der Waals surface area contributed by atoms with Crippen molar-refractivity contribution in [3.05, 3.63) is 29.8 Å². The van der Waals surface area contributed by atoms with Gasteiger partial charge in [0.1, 0.15) is 0 Å². The lowest BCUT2D eigenvalue weighted by atomic mass is 10.2. The van der Waals surface area contributed by atoms with Gasteiger partial charge in [0.2, 0.25) is 0 Å². The van der Waals surface area contributed by atoms with Gasteiger partial charge >= 0.3 is 0 Å². The highest BCUT2D eigenvalue weighted by molar-refractivity contribution is 8.13. The molecule has 17 heavy (non-hydrogen) atoms. The SMILES string of the molecule is COc1cc(C=CCCSC(C)=O)ccc1O. The molecule has 4 heteroatoms. The number of phenols is 1. The highest BCUT2D eigenvalue weighted by Crippen LogP contribution is 2.26. The van der Waals surface area contributed by atoms with Gasteiger partial charge in [-0.2, -0.15) is 0 Å². The summed E-state index contributed by atoms with van der Waals surface area (Å²) in [5.74, 6) is 1.39. The van der Waals surface area contributed by atoms with Crippen molar-refractivity contribution in [3.8, 4) is 11.5 Å². The van der Waals surface area contributed by atoms with Crippen molar-refractivity contribution < 1.29 is 14.6 Å². The third-order valence-electron chi connectivity index (χ3n) is 2.10. The molecule has 0 amide bonds. The first-order chi connectivity index (χ1) is 8.13. The van der Waals surface area contributed by atoms with Crippen molar-refractivity contribution in [1.29, 1.82) is 0 Å². The Hall–Kier alpha value is -1.42. The Labute approximate surface area is 105 Å². The second kappa shape index (κ2) is 7.01. The van der Waals surface area contributed by atoms with Crippen molar-refractivity contribution in [2.75, 3.05) is 12.9 Å². The fraction of sp³-hybridized carbons (Fsp3) is 0.308. The highest BCUT2D eigenvalue weighted by atomic mass is 32.2. The van der Waals surface area contributed by atoms with E-state index in [4.69, 9.17) is 4.74 Å². The molecule has 1 rings (SSSR count). The maximum Gasteiger partial charge on any atom is 0.185 e. The number of thioether (sulfide) groups is 1. The topological polar surface area (TPSA) is 46.5 Å². The van der Waals surface area contributed by atoms with Crippen LogP contribution in [0.1, 0.15) is 18.9 Å². The third kappa shape index (κ3) is 4.95. The fourth-order valence-electron chi connectivity index (χ4n) is 1.29. The molecule has 1 aromatic rings. The molecule has 0 bridgehead atoms. The van der Waals surface area contributed by atoms with Crippen molar-refractivity contribution in [2.45, 2.75) is 13.3 Å². The zero-order chi connectivity index (χ0) is 12.7. The van der Waals surface area contributed by atoms with Gasteiger partial charge in [-0.15, -0.1) is 0 Å². The molecule has 0 aliphatic carbocycles. The van der Waals surface area contributed by atoms with Gasteiger partial charge in [-0.1, -0.05) is 30.0 Å². The summed E-state index contributed by atoms with van der Waals surface area (Å²) in [5.41, 5.74) is 0.965. The minimum absolute atomic E-state index is 0.136. The number of rotatable bonds is 5. The Morgan fingerprint density at radius 3 is 2.94 bits per heavy atom. The van der Waals surface area contributed by atoms with E-state index in [9.17, 15) is 9.90 Å². The normalized spacial score (nSPS) is 10.7. The maximum absolute atomic E-state index is 10.7. The number of benzene rings is 1. The van der Waals surface area contributed by atoms with E-state index in [1.165, 1.54) is 18.9 Å². The van der Waals surface area contributed by atoms with E-state index in [-0.39, 0.29) is 10.9 Å². The number of hydrogen-bond donors (Lipinski definition) is 1. The molecule has 0 radical (unpaired) electrons. The van der Waals surface area contributed by atoms with Crippen LogP contribution in [0.2, 0.25) is 0 Å². The molecule has 1 aromatic carbocycles. The van der Waals surface area contributed by atoms with Crippen LogP contribution in [0.4, 0.5) is 0 Å². The van der Waals surface area contributed by atoms with E-state index in [1.54, 1.807) is 19.1 Å². The highest BCUT2D eigenvalue weighted by Gasteiger charge is 2.00. The third-order valence-corrected chi connectivity index (χ3v) is 2.95. The molecule has 92 valence electrons. The van der Waals surface area contributed by atoms with E-state index in [1.807, 2.05) is 18.2 Å². The molecule has 0 aliphatic heterocycles. The Morgan fingerprint density at radius 1 is 1.53 bits per heavy atom. The summed E-state index contributed by atoms with van der Waals surface area (Å²) in [4.78, 5) is 10.7. The van der Waals surface area contributed by atoms with Gasteiger partial charge in [0.25, 0.3) is 0 Å². The Kier molecular flexibility index (Phi) is 5.63. The molecule has 0 saturated carbocycles. The van der Waals surface area contributed by atoms with E-state index in [2.05, 4.69) is 0 Å². The minimum atomic E-state index is 0.136. The van der Waals surface area contributed by atoms with E-state index in [0.29, 0.717) is 5.75 Å². The first-order valence-corrected chi connectivity index (χ1v) is 6.29. The van der Waals surface area contributed by atoms with Gasteiger partial charge in [-0.25, -0.2) is 0 Å². The van der Waals surface area contributed by atoms with Gasteiger partial charge in [0, 0.05) is 12.7 Å². The molecular weight excluding hydrogens is 236 g/mol. The average Bonchev–Trinajstić information content (AvgIpc) is 2.30. The summed E-state index contributed by atoms with van der Waals surface area (Å²) < 4.78 is 5.01. The first kappa shape index (κ1) is 13.6. The molecule has 0 heterocycles. The summed E-state index contributed by atoms with van der Waals surface area (Å²) >= 11 is 1.32. The summed E-state index contributed by atoms with van der Waals surface area (Å²) in [6, 6.07) is 5.18. The molecule has 0 atom stereocenters. The lowest BCUT2D eigenvalue weighted by Gasteiger charge is -2.03. The standard InChI is InChI=1S/C13H16O3S/c1-10(14)17-8-4-3-5-11-6-7-12(15)13(9-11)16-2/h3,5-7,9,15H,4,8H2,1-2H3. The number of phenolic OH excluding ortho intramolecular Hbond substituents is 1. The smallest absolute Gasteiger partial charge is 0.185 e. The second-order valence-electron chi connectivity index (χ2n) is 3.46. The van der Waals surface area contributed by atoms with Crippen molar-refractivity contribution in [3.63, 3.8) is 0 Å². The average molecular weight is 252 g/mol. The first-order valence-electron chi connectivity index (χ1n) is 5.30. The van der Waals surface area contributed by atoms with Gasteiger partial charge in [0.05, 0.1) is 7.11 Å². The minimum Gasteiger partial charge on any atom is -0.504 e. The number of carbonyl (C=O) groups excluding carboxylic acids is 1. The van der Waals surface area contributed by atoms with E-state index < -0.39 is 0 Å². The van der Waals surface area contributed by atoms with Crippen molar-refractivity contribution >= 4 is 23.0 Å². The van der Waals surface area contributed by atoms with Crippen molar-refractivity contribution in [2.24, 2.45) is 0 Å². The summed E-state index contributed by atoms with van der Waals surface area (Å²) in [6.45, 7) is 1.57. The number of aromatic hydroxyl groups is 1. The van der Waals surface area contributed by atoms with Gasteiger partial charge in [-0.3, -0.25) is 4.79 Å². The summed E-state index contributed by atoms with van der Waals surface area (Å²) in [6.07, 6.45) is 4.79. The molecule has 0 saturated heterocycles. The van der Waals surface area contributed by atoms with Crippen molar-refractivity contribution in [1.82, 2.24) is 0 Å². The van der Waals surface area contributed by atoms with Crippen LogP contribution in [0.3, 0.4) is 0 Å². The lowest BCUT2D eigenvalue weighted by Crippen LogP contribution is -1.85. The predicted octanol–water partition coefficient (Wildman–Crippen LogP) is 3.08. The molecule has 0 unspecified atom stereocenters. The van der Waals surface area contributed by atoms with Crippen LogP contribution in [0.25, 0.3) is 6.08 Å². The molecule has 1 N–H and O–H groups in total. The van der Waals surface area contributed by atoms with Gasteiger partial charge < -0.3 is 9.84 Å². The van der Waals surface area contributed by atoms with Crippen LogP contribution in [-0.4, -0.2) is 23.1 Å². The van der Waals surface area contributed by atoms with Crippen LogP contribution >= 0.6 is 11.8 Å². The summed E-state index contributed by atoms with van der Waals surface area (Å²) in [5, 5.41) is 9.56. The zero-order valence-corrected chi connectivity index (χ0v) is 10.8.